The zero-order valence-electron chi connectivity index (χ0n) is 15.1. The summed E-state index contributed by atoms with van der Waals surface area (Å²) in [5.41, 5.74) is 2.82. The summed E-state index contributed by atoms with van der Waals surface area (Å²) in [6, 6.07) is 11.4. The van der Waals surface area contributed by atoms with E-state index >= 15 is 0 Å². The van der Waals surface area contributed by atoms with Crippen LogP contribution in [0.4, 0.5) is 0 Å². The van der Waals surface area contributed by atoms with E-state index in [-0.39, 0.29) is 5.75 Å². The van der Waals surface area contributed by atoms with Gasteiger partial charge in [0.25, 0.3) is 0 Å². The van der Waals surface area contributed by atoms with Crippen molar-refractivity contribution in [1.29, 1.82) is 0 Å². The second-order valence-electron chi connectivity index (χ2n) is 6.55. The SMILES string of the molecule is CCn1ncnc1CN1CCOc2c(O)cc(-c3cccc(Cl)c3)cc2C1. The third-order valence-corrected chi connectivity index (χ3v) is 4.95. The van der Waals surface area contributed by atoms with E-state index in [9.17, 15) is 5.11 Å². The number of ether oxygens (including phenoxy) is 1. The van der Waals surface area contributed by atoms with E-state index in [2.05, 4.69) is 21.0 Å². The van der Waals surface area contributed by atoms with Crippen LogP contribution in [-0.2, 0) is 19.6 Å². The quantitative estimate of drug-likeness (QED) is 0.742. The van der Waals surface area contributed by atoms with E-state index in [1.807, 2.05) is 35.9 Å². The standard InChI is InChI=1S/C20H21ClN4O2/c1-2-25-19(22-13-23-25)12-24-6-7-27-20-16(11-24)8-15(10-18(20)26)14-4-3-5-17(21)9-14/h3-5,8-10,13,26H,2,6-7,11-12H2,1H3. The lowest BCUT2D eigenvalue weighted by Crippen LogP contribution is -2.27. The Morgan fingerprint density at radius 3 is 2.93 bits per heavy atom. The van der Waals surface area contributed by atoms with Gasteiger partial charge in [0.05, 0.1) is 6.54 Å². The largest absolute Gasteiger partial charge is 0.504 e. The number of hydrogen-bond donors (Lipinski definition) is 1. The summed E-state index contributed by atoms with van der Waals surface area (Å²) in [6.45, 7) is 5.44. The maximum absolute atomic E-state index is 10.5. The van der Waals surface area contributed by atoms with Crippen molar-refractivity contribution < 1.29 is 9.84 Å². The van der Waals surface area contributed by atoms with Crippen LogP contribution in [0.15, 0.2) is 42.7 Å². The van der Waals surface area contributed by atoms with Crippen LogP contribution in [0.1, 0.15) is 18.3 Å². The summed E-state index contributed by atoms with van der Waals surface area (Å²) in [5.74, 6) is 1.64. The molecule has 7 heteroatoms. The fraction of sp³-hybridized carbons (Fsp3) is 0.300. The molecular weight excluding hydrogens is 364 g/mol. The van der Waals surface area contributed by atoms with E-state index < -0.39 is 0 Å². The van der Waals surface area contributed by atoms with E-state index in [0.717, 1.165) is 35.6 Å². The van der Waals surface area contributed by atoms with E-state index in [0.29, 0.717) is 30.5 Å². The van der Waals surface area contributed by atoms with Crippen molar-refractivity contribution in [3.05, 3.63) is 59.1 Å². The van der Waals surface area contributed by atoms with Gasteiger partial charge in [0.15, 0.2) is 11.5 Å². The number of hydrogen-bond acceptors (Lipinski definition) is 5. The van der Waals surface area contributed by atoms with E-state index in [1.165, 1.54) is 0 Å². The molecule has 0 aliphatic carbocycles. The minimum absolute atomic E-state index is 0.154. The maximum atomic E-state index is 10.5. The Labute approximate surface area is 163 Å². The van der Waals surface area contributed by atoms with Crippen molar-refractivity contribution >= 4 is 11.6 Å². The molecule has 1 aliphatic rings. The molecule has 0 saturated carbocycles. The van der Waals surface area contributed by atoms with E-state index in [4.69, 9.17) is 16.3 Å². The molecule has 0 saturated heterocycles. The minimum atomic E-state index is 0.154. The molecule has 0 radical (unpaired) electrons. The molecule has 1 aromatic heterocycles. The molecule has 2 heterocycles. The Kier molecular flexibility index (Phi) is 5.01. The first-order valence-corrected chi connectivity index (χ1v) is 9.35. The molecule has 6 nitrogen and oxygen atoms in total. The third kappa shape index (κ3) is 3.77. The monoisotopic (exact) mass is 384 g/mol. The molecule has 1 N–H and O–H groups in total. The molecule has 1 aliphatic heterocycles. The van der Waals surface area contributed by atoms with Crippen LogP contribution in [0.3, 0.4) is 0 Å². The highest BCUT2D eigenvalue weighted by Crippen LogP contribution is 2.38. The highest BCUT2D eigenvalue weighted by atomic mass is 35.5. The lowest BCUT2D eigenvalue weighted by atomic mass is 10.0. The average Bonchev–Trinajstić information content (AvgIpc) is 2.99. The van der Waals surface area contributed by atoms with Crippen molar-refractivity contribution in [3.8, 4) is 22.6 Å². The molecule has 0 amide bonds. The van der Waals surface area contributed by atoms with Crippen LogP contribution >= 0.6 is 11.6 Å². The van der Waals surface area contributed by atoms with Gasteiger partial charge in [-0.2, -0.15) is 5.10 Å². The van der Waals surface area contributed by atoms with Crippen molar-refractivity contribution in [3.63, 3.8) is 0 Å². The molecule has 0 bridgehead atoms. The van der Waals surface area contributed by atoms with Crippen LogP contribution in [0.2, 0.25) is 5.02 Å². The van der Waals surface area contributed by atoms with Crippen molar-refractivity contribution in [2.45, 2.75) is 26.6 Å². The average molecular weight is 385 g/mol. The number of fused-ring (bicyclic) bond motifs is 1. The maximum Gasteiger partial charge on any atom is 0.165 e. The highest BCUT2D eigenvalue weighted by molar-refractivity contribution is 6.30. The lowest BCUT2D eigenvalue weighted by Gasteiger charge is -2.19. The van der Waals surface area contributed by atoms with Crippen molar-refractivity contribution in [1.82, 2.24) is 19.7 Å². The summed E-state index contributed by atoms with van der Waals surface area (Å²) in [4.78, 5) is 6.62. The number of phenolic OH excluding ortho intramolecular Hbond substituents is 1. The summed E-state index contributed by atoms with van der Waals surface area (Å²) >= 11 is 6.12. The van der Waals surface area contributed by atoms with Gasteiger partial charge in [-0.05, 0) is 42.3 Å². The number of benzene rings is 2. The van der Waals surface area contributed by atoms with Gasteiger partial charge in [-0.3, -0.25) is 4.90 Å². The predicted octanol–water partition coefficient (Wildman–Crippen LogP) is 3.72. The van der Waals surface area contributed by atoms with Crippen molar-refractivity contribution in [2.24, 2.45) is 0 Å². The van der Waals surface area contributed by atoms with Crippen LogP contribution < -0.4 is 4.74 Å². The zero-order chi connectivity index (χ0) is 18.8. The molecular formula is C20H21ClN4O2. The van der Waals surface area contributed by atoms with Gasteiger partial charge >= 0.3 is 0 Å². The summed E-state index contributed by atoms with van der Waals surface area (Å²) < 4.78 is 7.73. The van der Waals surface area contributed by atoms with Gasteiger partial charge in [-0.1, -0.05) is 23.7 Å². The first-order valence-electron chi connectivity index (χ1n) is 8.97. The molecule has 2 aromatic carbocycles. The summed E-state index contributed by atoms with van der Waals surface area (Å²) in [7, 11) is 0. The number of nitrogens with zero attached hydrogens (tertiary/aromatic N) is 4. The van der Waals surface area contributed by atoms with Crippen molar-refractivity contribution in [2.75, 3.05) is 13.2 Å². The van der Waals surface area contributed by atoms with Gasteiger partial charge in [-0.15, -0.1) is 0 Å². The van der Waals surface area contributed by atoms with Gasteiger partial charge in [0.1, 0.15) is 18.8 Å². The Bertz CT molecular complexity index is 957. The Hall–Kier alpha value is -2.57. The normalized spacial score (nSPS) is 14.4. The number of aryl methyl sites for hydroxylation is 1. The summed E-state index contributed by atoms with van der Waals surface area (Å²) in [5, 5.41) is 15.4. The highest BCUT2D eigenvalue weighted by Gasteiger charge is 2.21. The van der Waals surface area contributed by atoms with Gasteiger partial charge in [0, 0.05) is 30.2 Å². The molecule has 0 fully saturated rings. The molecule has 0 atom stereocenters. The molecule has 27 heavy (non-hydrogen) atoms. The number of rotatable bonds is 4. The molecule has 140 valence electrons. The number of halogens is 1. The van der Waals surface area contributed by atoms with Crippen LogP contribution in [0.5, 0.6) is 11.5 Å². The molecule has 3 aromatic rings. The Morgan fingerprint density at radius 2 is 2.11 bits per heavy atom. The Morgan fingerprint density at radius 1 is 1.22 bits per heavy atom. The zero-order valence-corrected chi connectivity index (χ0v) is 15.9. The van der Waals surface area contributed by atoms with Gasteiger partial charge in [0.2, 0.25) is 0 Å². The van der Waals surface area contributed by atoms with Crippen LogP contribution in [-0.4, -0.2) is 37.9 Å². The van der Waals surface area contributed by atoms with E-state index in [1.54, 1.807) is 12.4 Å². The van der Waals surface area contributed by atoms with Gasteiger partial charge < -0.3 is 9.84 Å². The minimum Gasteiger partial charge on any atom is -0.504 e. The number of phenols is 1. The Balaban J connectivity index is 1.64. The molecule has 0 spiro atoms. The first-order chi connectivity index (χ1) is 13.1. The molecule has 4 rings (SSSR count). The van der Waals surface area contributed by atoms with Gasteiger partial charge in [-0.25, -0.2) is 9.67 Å². The number of aromatic nitrogens is 3. The topological polar surface area (TPSA) is 63.4 Å². The van der Waals surface area contributed by atoms with Crippen LogP contribution in [0.25, 0.3) is 11.1 Å². The lowest BCUT2D eigenvalue weighted by molar-refractivity contribution is 0.210. The number of aromatic hydroxyl groups is 1. The fourth-order valence-corrected chi connectivity index (χ4v) is 3.59. The second kappa shape index (κ2) is 7.58. The predicted molar refractivity (Wildman–Crippen MR) is 104 cm³/mol. The summed E-state index contributed by atoms with van der Waals surface area (Å²) in [6.07, 6.45) is 1.59. The fourth-order valence-electron chi connectivity index (χ4n) is 3.40. The third-order valence-electron chi connectivity index (χ3n) is 4.71. The van der Waals surface area contributed by atoms with Crippen LogP contribution in [0, 0.1) is 0 Å². The second-order valence-corrected chi connectivity index (χ2v) is 6.98. The molecule has 0 unspecified atom stereocenters. The first kappa shape index (κ1) is 17.8. The smallest absolute Gasteiger partial charge is 0.165 e.